The number of halogens is 2. The van der Waals surface area contributed by atoms with Crippen LogP contribution in [0.25, 0.3) is 0 Å². The Bertz CT molecular complexity index is 677. The van der Waals surface area contributed by atoms with Gasteiger partial charge in [-0.05, 0) is 24.6 Å². The van der Waals surface area contributed by atoms with Crippen molar-refractivity contribution in [2.45, 2.75) is 18.1 Å². The summed E-state index contributed by atoms with van der Waals surface area (Å²) in [5.74, 6) is -0.870. The SMILES string of the molecule is CC(c1ccc(Cl)cc1Cl)n1c(N)nnc1SCC(=O)O. The molecule has 1 atom stereocenters. The summed E-state index contributed by atoms with van der Waals surface area (Å²) in [6, 6.07) is 4.91. The number of hydrogen-bond acceptors (Lipinski definition) is 5. The quantitative estimate of drug-likeness (QED) is 0.808. The van der Waals surface area contributed by atoms with Crippen molar-refractivity contribution in [2.24, 2.45) is 0 Å². The molecule has 112 valence electrons. The zero-order valence-electron chi connectivity index (χ0n) is 11.0. The minimum atomic E-state index is -0.940. The summed E-state index contributed by atoms with van der Waals surface area (Å²) < 4.78 is 1.64. The third-order valence-corrected chi connectivity index (χ3v) is 4.31. The number of anilines is 1. The molecule has 1 heterocycles. The second-order valence-corrected chi connectivity index (χ2v) is 6.02. The zero-order valence-corrected chi connectivity index (χ0v) is 13.3. The summed E-state index contributed by atoms with van der Waals surface area (Å²) in [5.41, 5.74) is 6.62. The Labute approximate surface area is 135 Å². The first-order valence-electron chi connectivity index (χ1n) is 5.90. The average Bonchev–Trinajstić information content (AvgIpc) is 2.77. The summed E-state index contributed by atoms with van der Waals surface area (Å²) >= 11 is 13.1. The van der Waals surface area contributed by atoms with Gasteiger partial charge in [0.2, 0.25) is 5.95 Å². The molecule has 1 aromatic carbocycles. The predicted molar refractivity (Wildman–Crippen MR) is 83.1 cm³/mol. The number of benzene rings is 1. The van der Waals surface area contributed by atoms with Crippen LogP contribution >= 0.6 is 35.0 Å². The summed E-state index contributed by atoms with van der Waals surface area (Å²) in [6.07, 6.45) is 0. The minimum absolute atomic E-state index is 0.126. The lowest BCUT2D eigenvalue weighted by Gasteiger charge is -2.18. The first kappa shape index (κ1) is 15.9. The van der Waals surface area contributed by atoms with Crippen molar-refractivity contribution in [1.29, 1.82) is 0 Å². The highest BCUT2D eigenvalue weighted by atomic mass is 35.5. The number of nitrogens with two attached hydrogens (primary N) is 1. The van der Waals surface area contributed by atoms with Crippen molar-refractivity contribution in [3.05, 3.63) is 33.8 Å². The van der Waals surface area contributed by atoms with Crippen LogP contribution in [0.1, 0.15) is 18.5 Å². The van der Waals surface area contributed by atoms with Gasteiger partial charge in [-0.3, -0.25) is 9.36 Å². The van der Waals surface area contributed by atoms with Crippen LogP contribution in [0.2, 0.25) is 10.0 Å². The lowest BCUT2D eigenvalue weighted by atomic mass is 10.1. The Morgan fingerprint density at radius 3 is 2.81 bits per heavy atom. The Kier molecular flexibility index (Phi) is 4.97. The molecule has 0 radical (unpaired) electrons. The number of carboxylic acid groups (broad SMARTS) is 1. The van der Waals surface area contributed by atoms with Crippen molar-refractivity contribution in [3.63, 3.8) is 0 Å². The largest absolute Gasteiger partial charge is 0.481 e. The molecule has 1 unspecified atom stereocenters. The van der Waals surface area contributed by atoms with Crippen molar-refractivity contribution in [1.82, 2.24) is 14.8 Å². The predicted octanol–water partition coefficient (Wildman–Crippen LogP) is 2.95. The third-order valence-electron chi connectivity index (χ3n) is 2.82. The number of carbonyl (C=O) groups is 1. The summed E-state index contributed by atoms with van der Waals surface area (Å²) in [5, 5.41) is 17.9. The molecule has 3 N–H and O–H groups in total. The second kappa shape index (κ2) is 6.55. The maximum Gasteiger partial charge on any atom is 0.313 e. The molecule has 0 saturated heterocycles. The highest BCUT2D eigenvalue weighted by molar-refractivity contribution is 7.99. The fourth-order valence-corrected chi connectivity index (χ4v) is 3.16. The molecule has 0 saturated carbocycles. The van der Waals surface area contributed by atoms with Crippen LogP contribution in [0.5, 0.6) is 0 Å². The fraction of sp³-hybridized carbons (Fsp3) is 0.250. The van der Waals surface area contributed by atoms with E-state index in [1.807, 2.05) is 6.92 Å². The van der Waals surface area contributed by atoms with Crippen molar-refractivity contribution in [3.8, 4) is 0 Å². The van der Waals surface area contributed by atoms with Gasteiger partial charge in [-0.1, -0.05) is 41.0 Å². The van der Waals surface area contributed by atoms with Crippen LogP contribution in [0, 0.1) is 0 Å². The number of rotatable bonds is 5. The van der Waals surface area contributed by atoms with Gasteiger partial charge in [-0.25, -0.2) is 0 Å². The second-order valence-electron chi connectivity index (χ2n) is 4.23. The Morgan fingerprint density at radius 2 is 2.19 bits per heavy atom. The number of nitrogens with zero attached hydrogens (tertiary/aromatic N) is 3. The number of carboxylic acids is 1. The minimum Gasteiger partial charge on any atom is -0.481 e. The van der Waals surface area contributed by atoms with E-state index in [1.54, 1.807) is 22.8 Å². The van der Waals surface area contributed by atoms with Crippen LogP contribution in [-0.4, -0.2) is 31.6 Å². The van der Waals surface area contributed by atoms with Crippen molar-refractivity contribution < 1.29 is 9.90 Å². The molecule has 0 aliphatic carbocycles. The van der Waals surface area contributed by atoms with Crippen LogP contribution < -0.4 is 5.73 Å². The van der Waals surface area contributed by atoms with Gasteiger partial charge in [0.1, 0.15) is 0 Å². The first-order valence-corrected chi connectivity index (χ1v) is 7.64. The van der Waals surface area contributed by atoms with E-state index in [9.17, 15) is 4.79 Å². The summed E-state index contributed by atoms with van der Waals surface area (Å²) in [7, 11) is 0. The Morgan fingerprint density at radius 1 is 1.48 bits per heavy atom. The van der Waals surface area contributed by atoms with E-state index in [2.05, 4.69) is 10.2 Å². The number of nitrogen functional groups attached to an aromatic ring is 1. The van der Waals surface area contributed by atoms with E-state index in [4.69, 9.17) is 34.0 Å². The number of hydrogen-bond donors (Lipinski definition) is 2. The highest BCUT2D eigenvalue weighted by Gasteiger charge is 2.20. The third kappa shape index (κ3) is 3.61. The first-order chi connectivity index (χ1) is 9.90. The van der Waals surface area contributed by atoms with Crippen molar-refractivity contribution in [2.75, 3.05) is 11.5 Å². The Hall–Kier alpha value is -1.44. The maximum atomic E-state index is 10.7. The van der Waals surface area contributed by atoms with Crippen LogP contribution in [0.15, 0.2) is 23.4 Å². The fourth-order valence-electron chi connectivity index (χ4n) is 1.86. The molecule has 2 aromatic rings. The molecule has 2 rings (SSSR count). The van der Waals surface area contributed by atoms with E-state index >= 15 is 0 Å². The van der Waals surface area contributed by atoms with E-state index < -0.39 is 5.97 Å². The molecule has 9 heteroatoms. The summed E-state index contributed by atoms with van der Waals surface area (Å²) in [4.78, 5) is 10.7. The van der Waals surface area contributed by atoms with E-state index in [1.165, 1.54) is 0 Å². The highest BCUT2D eigenvalue weighted by Crippen LogP contribution is 2.32. The van der Waals surface area contributed by atoms with Gasteiger partial charge >= 0.3 is 5.97 Å². The van der Waals surface area contributed by atoms with Crippen LogP contribution in [0.4, 0.5) is 5.95 Å². The maximum absolute atomic E-state index is 10.7. The van der Waals surface area contributed by atoms with Gasteiger partial charge in [0.05, 0.1) is 11.8 Å². The van der Waals surface area contributed by atoms with Gasteiger partial charge in [0.15, 0.2) is 5.16 Å². The number of aliphatic carboxylic acids is 1. The van der Waals surface area contributed by atoms with Gasteiger partial charge in [-0.15, -0.1) is 10.2 Å². The molecule has 21 heavy (non-hydrogen) atoms. The molecule has 0 amide bonds. The van der Waals surface area contributed by atoms with Crippen LogP contribution in [-0.2, 0) is 4.79 Å². The molecule has 0 bridgehead atoms. The molecule has 0 spiro atoms. The molecule has 6 nitrogen and oxygen atoms in total. The topological polar surface area (TPSA) is 94.0 Å². The molecular formula is C12H12Cl2N4O2S. The molecule has 0 fully saturated rings. The zero-order chi connectivity index (χ0) is 15.6. The van der Waals surface area contributed by atoms with Gasteiger partial charge in [-0.2, -0.15) is 0 Å². The lowest BCUT2D eigenvalue weighted by molar-refractivity contribution is -0.133. The molecule has 1 aromatic heterocycles. The van der Waals surface area contributed by atoms with Crippen LogP contribution in [0.3, 0.4) is 0 Å². The van der Waals surface area contributed by atoms with E-state index in [0.29, 0.717) is 15.2 Å². The average molecular weight is 347 g/mol. The number of thioether (sulfide) groups is 1. The lowest BCUT2D eigenvalue weighted by Crippen LogP contribution is -2.12. The van der Waals surface area contributed by atoms with Crippen molar-refractivity contribution >= 4 is 46.9 Å². The molecule has 0 aliphatic heterocycles. The monoisotopic (exact) mass is 346 g/mol. The summed E-state index contributed by atoms with van der Waals surface area (Å²) in [6.45, 7) is 1.87. The number of aromatic nitrogens is 3. The van der Waals surface area contributed by atoms with Gasteiger partial charge < -0.3 is 10.8 Å². The smallest absolute Gasteiger partial charge is 0.313 e. The van der Waals surface area contributed by atoms with Gasteiger partial charge in [0.25, 0.3) is 0 Å². The van der Waals surface area contributed by atoms with E-state index in [0.717, 1.165) is 17.3 Å². The Balaban J connectivity index is 2.36. The molecular weight excluding hydrogens is 335 g/mol. The van der Waals surface area contributed by atoms with E-state index in [-0.39, 0.29) is 17.7 Å². The standard InChI is InChI=1S/C12H12Cl2N4O2S/c1-6(8-3-2-7(13)4-9(8)14)18-11(15)16-17-12(18)21-5-10(19)20/h2-4,6H,5H2,1H3,(H2,15,16)(H,19,20). The normalized spacial score (nSPS) is 12.3. The van der Waals surface area contributed by atoms with Gasteiger partial charge in [0, 0.05) is 10.0 Å². The molecule has 0 aliphatic rings.